The van der Waals surface area contributed by atoms with Crippen molar-refractivity contribution in [3.05, 3.63) is 35.4 Å². The van der Waals surface area contributed by atoms with E-state index in [0.29, 0.717) is 0 Å². The quantitative estimate of drug-likeness (QED) is 0.341. The predicted octanol–water partition coefficient (Wildman–Crippen LogP) is 5.70. The molecule has 1 unspecified atom stereocenters. The van der Waals surface area contributed by atoms with E-state index in [9.17, 15) is 0 Å². The van der Waals surface area contributed by atoms with Crippen molar-refractivity contribution in [2.45, 2.75) is 70.8 Å². The average Bonchev–Trinajstić information content (AvgIpc) is 2.53. The number of hydrogen-bond acceptors (Lipinski definition) is 2. The maximum Gasteiger partial charge on any atom is 0.127 e. The fourth-order valence-electron chi connectivity index (χ4n) is 3.06. The highest BCUT2D eigenvalue weighted by Gasteiger charge is 2.26. The summed E-state index contributed by atoms with van der Waals surface area (Å²) in [7, 11) is 0. The highest BCUT2D eigenvalue weighted by atomic mass is 35.5. The van der Waals surface area contributed by atoms with Gasteiger partial charge in [0.2, 0.25) is 0 Å². The van der Waals surface area contributed by atoms with Crippen LogP contribution in [0.15, 0.2) is 24.3 Å². The van der Waals surface area contributed by atoms with Crippen molar-refractivity contribution < 1.29 is 4.74 Å². The van der Waals surface area contributed by atoms with Gasteiger partial charge in [-0.25, -0.2) is 0 Å². The monoisotopic (exact) mass is 350 g/mol. The third kappa shape index (κ3) is 5.86. The molecule has 0 spiro atoms. The molecule has 134 valence electrons. The zero-order chi connectivity index (χ0) is 16.7. The molecule has 0 saturated carbocycles. The first-order valence-corrected chi connectivity index (χ1v) is 8.91. The van der Waals surface area contributed by atoms with E-state index in [2.05, 4.69) is 26.0 Å². The van der Waals surface area contributed by atoms with E-state index >= 15 is 0 Å². The normalized spacial score (nSPS) is 18.4. The Morgan fingerprint density at radius 3 is 2.46 bits per heavy atom. The molecule has 0 saturated heterocycles. The van der Waals surface area contributed by atoms with Gasteiger partial charge < -0.3 is 10.5 Å². The van der Waals surface area contributed by atoms with Crippen LogP contribution >= 0.6 is 12.4 Å². The fraction of sp³-hybridized carbons (Fsp3) is 0.550. The van der Waals surface area contributed by atoms with E-state index in [1.807, 2.05) is 18.2 Å². The van der Waals surface area contributed by atoms with Gasteiger partial charge in [-0.05, 0) is 44.0 Å². The van der Waals surface area contributed by atoms with Gasteiger partial charge in [-0.2, -0.15) is 0 Å². The van der Waals surface area contributed by atoms with E-state index in [0.717, 1.165) is 23.3 Å². The van der Waals surface area contributed by atoms with Crippen LogP contribution in [-0.4, -0.2) is 11.4 Å². The Kier molecular flexibility index (Phi) is 8.34. The summed E-state index contributed by atoms with van der Waals surface area (Å²) in [6.07, 6.45) is 14.5. The van der Waals surface area contributed by atoms with E-state index in [1.54, 1.807) is 0 Å². The molecule has 2 rings (SSSR count). The summed E-state index contributed by atoms with van der Waals surface area (Å²) in [6, 6.07) is 5.70. The number of benzene rings is 1. The number of hydrogen-bond donors (Lipinski definition) is 2. The van der Waals surface area contributed by atoms with Crippen LogP contribution in [0, 0.1) is 5.41 Å². The molecule has 4 heteroatoms. The van der Waals surface area contributed by atoms with Crippen molar-refractivity contribution >= 4 is 24.3 Å². The van der Waals surface area contributed by atoms with Crippen LogP contribution < -0.4 is 10.5 Å². The minimum absolute atomic E-state index is 0. The van der Waals surface area contributed by atoms with Gasteiger partial charge in [-0.1, -0.05) is 51.5 Å². The smallest absolute Gasteiger partial charge is 0.127 e. The zero-order valence-corrected chi connectivity index (χ0v) is 15.8. The van der Waals surface area contributed by atoms with Gasteiger partial charge in [0.15, 0.2) is 0 Å². The lowest BCUT2D eigenvalue weighted by Gasteiger charge is -2.32. The van der Waals surface area contributed by atoms with Gasteiger partial charge in [0.1, 0.15) is 17.2 Å². The maximum atomic E-state index is 7.52. The number of halogens is 1. The molecule has 0 aromatic heterocycles. The number of ether oxygens (including phenoxy) is 1. The molecule has 1 aromatic carbocycles. The molecule has 3 N–H and O–H groups in total. The van der Waals surface area contributed by atoms with Crippen LogP contribution in [0.5, 0.6) is 5.75 Å². The van der Waals surface area contributed by atoms with Gasteiger partial charge in [0.25, 0.3) is 0 Å². The molecule has 1 heterocycles. The number of nitrogens with two attached hydrogens (primary N) is 1. The Bertz CT molecular complexity index is 571. The highest BCUT2D eigenvalue weighted by molar-refractivity contribution is 5.95. The number of nitrogens with one attached hydrogen (secondary N) is 1. The van der Waals surface area contributed by atoms with Gasteiger partial charge in [0.05, 0.1) is 0 Å². The van der Waals surface area contributed by atoms with Crippen molar-refractivity contribution in [2.24, 2.45) is 5.73 Å². The van der Waals surface area contributed by atoms with Crippen molar-refractivity contribution in [3.63, 3.8) is 0 Å². The topological polar surface area (TPSA) is 59.1 Å². The van der Waals surface area contributed by atoms with Crippen LogP contribution in [0.1, 0.15) is 76.3 Å². The molecule has 1 aromatic rings. The second-order valence-electron chi connectivity index (χ2n) is 6.79. The SMILES string of the molecule is CCCCCCCCCC1(C)C=Cc2cc(C(=N)N)ccc2O1.Cl. The largest absolute Gasteiger partial charge is 0.483 e. The predicted molar refractivity (Wildman–Crippen MR) is 105 cm³/mol. The van der Waals surface area contributed by atoms with Crippen molar-refractivity contribution in [1.82, 2.24) is 0 Å². The molecule has 0 fully saturated rings. The Morgan fingerprint density at radius 2 is 1.79 bits per heavy atom. The summed E-state index contributed by atoms with van der Waals surface area (Å²) in [5.74, 6) is 0.987. The first-order valence-electron chi connectivity index (χ1n) is 8.91. The first-order chi connectivity index (χ1) is 11.0. The van der Waals surface area contributed by atoms with E-state index in [-0.39, 0.29) is 23.8 Å². The third-order valence-corrected chi connectivity index (χ3v) is 4.56. The standard InChI is InChI=1S/C20H30N2O.ClH/c1-3-4-5-6-7-8-9-13-20(2)14-12-16-15-17(19(21)22)10-11-18(16)23-20;/h10-12,14-15H,3-9,13H2,1-2H3,(H3,21,22);1H. The van der Waals surface area contributed by atoms with Gasteiger partial charge >= 0.3 is 0 Å². The second kappa shape index (κ2) is 9.73. The molecule has 0 aliphatic carbocycles. The highest BCUT2D eigenvalue weighted by Crippen LogP contribution is 2.34. The molecule has 1 aliphatic rings. The first kappa shape index (κ1) is 20.6. The number of amidine groups is 1. The summed E-state index contributed by atoms with van der Waals surface area (Å²) in [5, 5.41) is 7.52. The Hall–Kier alpha value is -1.48. The molecule has 24 heavy (non-hydrogen) atoms. The molecule has 3 nitrogen and oxygen atoms in total. The summed E-state index contributed by atoms with van der Waals surface area (Å²) >= 11 is 0. The van der Waals surface area contributed by atoms with Gasteiger partial charge in [0, 0.05) is 11.1 Å². The van der Waals surface area contributed by atoms with Crippen LogP contribution in [0.25, 0.3) is 6.08 Å². The summed E-state index contributed by atoms with van der Waals surface area (Å²) in [5.41, 5.74) is 7.08. The van der Waals surface area contributed by atoms with Crippen molar-refractivity contribution in [1.29, 1.82) is 5.41 Å². The molecular weight excluding hydrogens is 320 g/mol. The van der Waals surface area contributed by atoms with Gasteiger partial charge in [-0.3, -0.25) is 5.41 Å². The van der Waals surface area contributed by atoms with Crippen LogP contribution in [0.3, 0.4) is 0 Å². The minimum Gasteiger partial charge on any atom is -0.483 e. The summed E-state index contributed by atoms with van der Waals surface area (Å²) < 4.78 is 6.20. The van der Waals surface area contributed by atoms with Crippen LogP contribution in [0.2, 0.25) is 0 Å². The maximum absolute atomic E-state index is 7.52. The Balaban J connectivity index is 0.00000288. The minimum atomic E-state index is -0.214. The molecule has 1 aliphatic heterocycles. The number of nitrogen functional groups attached to an aromatic ring is 1. The van der Waals surface area contributed by atoms with Crippen molar-refractivity contribution in [2.75, 3.05) is 0 Å². The van der Waals surface area contributed by atoms with Crippen molar-refractivity contribution in [3.8, 4) is 5.75 Å². The van der Waals surface area contributed by atoms with E-state index in [1.165, 1.54) is 44.9 Å². The number of rotatable bonds is 9. The Labute approximate surface area is 152 Å². The average molecular weight is 351 g/mol. The summed E-state index contributed by atoms with van der Waals surface area (Å²) in [6.45, 7) is 4.41. The molecule has 1 atom stereocenters. The van der Waals surface area contributed by atoms with E-state index < -0.39 is 0 Å². The number of fused-ring (bicyclic) bond motifs is 1. The second-order valence-corrected chi connectivity index (χ2v) is 6.79. The Morgan fingerprint density at radius 1 is 1.12 bits per heavy atom. The number of unbranched alkanes of at least 4 members (excludes halogenated alkanes) is 6. The molecule has 0 radical (unpaired) electrons. The van der Waals surface area contributed by atoms with Crippen LogP contribution in [-0.2, 0) is 0 Å². The lowest BCUT2D eigenvalue weighted by Crippen LogP contribution is -2.31. The van der Waals surface area contributed by atoms with E-state index in [4.69, 9.17) is 15.9 Å². The van der Waals surface area contributed by atoms with Crippen LogP contribution in [0.4, 0.5) is 0 Å². The zero-order valence-electron chi connectivity index (χ0n) is 14.9. The molecule has 0 bridgehead atoms. The molecule has 0 amide bonds. The molecular formula is C20H31ClN2O. The summed E-state index contributed by atoms with van der Waals surface area (Å²) in [4.78, 5) is 0. The van der Waals surface area contributed by atoms with Gasteiger partial charge in [-0.15, -0.1) is 12.4 Å². The third-order valence-electron chi connectivity index (χ3n) is 4.56. The lowest BCUT2D eigenvalue weighted by molar-refractivity contribution is 0.124. The lowest BCUT2D eigenvalue weighted by atomic mass is 9.93. The fourth-order valence-corrected chi connectivity index (χ4v) is 3.06.